The van der Waals surface area contributed by atoms with Crippen molar-refractivity contribution in [3.63, 3.8) is 0 Å². The number of aromatic nitrogens is 3. The largest absolute Gasteiger partial charge is 0.388 e. The van der Waals surface area contributed by atoms with Crippen molar-refractivity contribution in [2.24, 2.45) is 0 Å². The summed E-state index contributed by atoms with van der Waals surface area (Å²) in [5.74, 6) is 2.14. The average Bonchev–Trinajstić information content (AvgIpc) is 3.04. The summed E-state index contributed by atoms with van der Waals surface area (Å²) in [5, 5.41) is 17.8. The Bertz CT molecular complexity index is 648. The van der Waals surface area contributed by atoms with Crippen LogP contribution in [0.3, 0.4) is 0 Å². The molecule has 2 N–H and O–H groups in total. The van der Waals surface area contributed by atoms with Crippen molar-refractivity contribution in [1.82, 2.24) is 15.1 Å². The molecular formula is C17H24N4O2. The van der Waals surface area contributed by atoms with Crippen LogP contribution in [0.25, 0.3) is 11.5 Å². The van der Waals surface area contributed by atoms with E-state index in [2.05, 4.69) is 20.4 Å². The van der Waals surface area contributed by atoms with Gasteiger partial charge in [0.15, 0.2) is 5.82 Å². The third-order valence-corrected chi connectivity index (χ3v) is 4.35. The normalized spacial score (nSPS) is 17.4. The number of nitrogens with zero attached hydrogens (tertiary/aromatic N) is 3. The number of anilines is 1. The van der Waals surface area contributed by atoms with Crippen molar-refractivity contribution in [3.8, 4) is 11.5 Å². The Labute approximate surface area is 136 Å². The summed E-state index contributed by atoms with van der Waals surface area (Å²) in [5.41, 5.74) is 0.211. The van der Waals surface area contributed by atoms with Gasteiger partial charge in [-0.1, -0.05) is 38.3 Å². The molecular weight excluding hydrogens is 292 g/mol. The third kappa shape index (κ3) is 3.88. The molecule has 0 aliphatic heterocycles. The molecule has 2 aromatic rings. The lowest BCUT2D eigenvalue weighted by molar-refractivity contribution is 0.0166. The number of aliphatic hydroxyl groups is 1. The van der Waals surface area contributed by atoms with Gasteiger partial charge in [0, 0.05) is 24.2 Å². The molecule has 0 aromatic carbocycles. The lowest BCUT2D eigenvalue weighted by Gasteiger charge is -2.32. The Morgan fingerprint density at radius 2 is 2.09 bits per heavy atom. The van der Waals surface area contributed by atoms with E-state index >= 15 is 0 Å². The monoisotopic (exact) mass is 316 g/mol. The molecule has 1 saturated carbocycles. The molecule has 124 valence electrons. The van der Waals surface area contributed by atoms with E-state index in [1.54, 1.807) is 6.20 Å². The highest BCUT2D eigenvalue weighted by molar-refractivity contribution is 5.57. The summed E-state index contributed by atoms with van der Waals surface area (Å²) >= 11 is 0. The van der Waals surface area contributed by atoms with Crippen molar-refractivity contribution in [2.75, 3.05) is 11.9 Å². The van der Waals surface area contributed by atoms with Crippen LogP contribution in [-0.2, 0) is 0 Å². The van der Waals surface area contributed by atoms with Gasteiger partial charge < -0.3 is 14.9 Å². The van der Waals surface area contributed by atoms with E-state index in [0.717, 1.165) is 31.2 Å². The third-order valence-electron chi connectivity index (χ3n) is 4.35. The van der Waals surface area contributed by atoms with Gasteiger partial charge in [-0.25, -0.2) is 4.98 Å². The summed E-state index contributed by atoms with van der Waals surface area (Å²) in [6.45, 7) is 4.57. The molecule has 6 nitrogen and oxygen atoms in total. The van der Waals surface area contributed by atoms with Gasteiger partial charge in [0.1, 0.15) is 5.82 Å². The lowest BCUT2D eigenvalue weighted by Crippen LogP contribution is -2.38. The van der Waals surface area contributed by atoms with Crippen LogP contribution in [-0.4, -0.2) is 32.4 Å². The SMILES string of the molecule is CC(C)c1noc(-c2ccnc(NCC3(O)CCCCC3)c2)n1. The predicted octanol–water partition coefficient (Wildman–Crippen LogP) is 3.36. The lowest BCUT2D eigenvalue weighted by atomic mass is 9.85. The minimum Gasteiger partial charge on any atom is -0.388 e. The van der Waals surface area contributed by atoms with Crippen molar-refractivity contribution >= 4 is 5.82 Å². The maximum absolute atomic E-state index is 10.6. The van der Waals surface area contributed by atoms with Gasteiger partial charge in [-0.15, -0.1) is 0 Å². The van der Waals surface area contributed by atoms with Crippen LogP contribution in [0.15, 0.2) is 22.9 Å². The smallest absolute Gasteiger partial charge is 0.258 e. The van der Waals surface area contributed by atoms with E-state index in [1.807, 2.05) is 26.0 Å². The van der Waals surface area contributed by atoms with Crippen molar-refractivity contribution in [2.45, 2.75) is 57.5 Å². The van der Waals surface area contributed by atoms with Crippen LogP contribution in [0.1, 0.15) is 57.7 Å². The maximum atomic E-state index is 10.6. The summed E-state index contributed by atoms with van der Waals surface area (Å²) in [4.78, 5) is 8.71. The van der Waals surface area contributed by atoms with E-state index in [0.29, 0.717) is 24.1 Å². The fourth-order valence-electron chi connectivity index (χ4n) is 2.89. The molecule has 1 aliphatic carbocycles. The zero-order valence-corrected chi connectivity index (χ0v) is 13.7. The second kappa shape index (κ2) is 6.66. The van der Waals surface area contributed by atoms with Crippen molar-refractivity contribution in [1.29, 1.82) is 0 Å². The standard InChI is InChI=1S/C17H24N4O2/c1-12(2)15-20-16(23-21-15)13-6-9-18-14(10-13)19-11-17(22)7-4-3-5-8-17/h6,9-10,12,22H,3-5,7-8,11H2,1-2H3,(H,18,19). The summed E-state index contributed by atoms with van der Waals surface area (Å²) < 4.78 is 5.32. The summed E-state index contributed by atoms with van der Waals surface area (Å²) in [7, 11) is 0. The molecule has 6 heteroatoms. The van der Waals surface area contributed by atoms with Gasteiger partial charge in [-0.05, 0) is 25.0 Å². The molecule has 2 heterocycles. The van der Waals surface area contributed by atoms with E-state index in [4.69, 9.17) is 4.52 Å². The highest BCUT2D eigenvalue weighted by Crippen LogP contribution is 2.28. The molecule has 0 unspecified atom stereocenters. The minimum atomic E-state index is -0.620. The van der Waals surface area contributed by atoms with E-state index in [9.17, 15) is 5.11 Å². The number of pyridine rings is 1. The number of nitrogens with one attached hydrogen (secondary N) is 1. The van der Waals surface area contributed by atoms with Crippen molar-refractivity contribution < 1.29 is 9.63 Å². The second-order valence-corrected chi connectivity index (χ2v) is 6.68. The van der Waals surface area contributed by atoms with E-state index in [1.165, 1.54) is 6.42 Å². The molecule has 0 spiro atoms. The number of hydrogen-bond donors (Lipinski definition) is 2. The highest BCUT2D eigenvalue weighted by atomic mass is 16.5. The van der Waals surface area contributed by atoms with Crippen LogP contribution in [0.4, 0.5) is 5.82 Å². The maximum Gasteiger partial charge on any atom is 0.258 e. The second-order valence-electron chi connectivity index (χ2n) is 6.68. The van der Waals surface area contributed by atoms with E-state index < -0.39 is 5.60 Å². The van der Waals surface area contributed by atoms with Crippen LogP contribution in [0.2, 0.25) is 0 Å². The van der Waals surface area contributed by atoms with Gasteiger partial charge in [-0.3, -0.25) is 0 Å². The molecule has 2 aromatic heterocycles. The van der Waals surface area contributed by atoms with Crippen LogP contribution < -0.4 is 5.32 Å². The zero-order valence-electron chi connectivity index (χ0n) is 13.7. The van der Waals surface area contributed by atoms with Gasteiger partial charge in [0.05, 0.1) is 5.60 Å². The number of hydrogen-bond acceptors (Lipinski definition) is 6. The Hall–Kier alpha value is -1.95. The molecule has 0 radical (unpaired) electrons. The minimum absolute atomic E-state index is 0.229. The fourth-order valence-corrected chi connectivity index (χ4v) is 2.89. The first-order valence-corrected chi connectivity index (χ1v) is 8.32. The first kappa shape index (κ1) is 15.9. The molecule has 3 rings (SSSR count). The van der Waals surface area contributed by atoms with Gasteiger partial charge in [0.2, 0.25) is 0 Å². The van der Waals surface area contributed by atoms with Crippen LogP contribution >= 0.6 is 0 Å². The first-order valence-electron chi connectivity index (χ1n) is 8.32. The summed E-state index contributed by atoms with van der Waals surface area (Å²) in [6, 6.07) is 3.72. The van der Waals surface area contributed by atoms with Crippen LogP contribution in [0.5, 0.6) is 0 Å². The Balaban J connectivity index is 1.69. The van der Waals surface area contributed by atoms with Gasteiger partial charge in [0.25, 0.3) is 5.89 Å². The quantitative estimate of drug-likeness (QED) is 0.880. The Morgan fingerprint density at radius 3 is 2.78 bits per heavy atom. The molecule has 23 heavy (non-hydrogen) atoms. The fraction of sp³-hybridized carbons (Fsp3) is 0.588. The Kier molecular flexibility index (Phi) is 4.61. The predicted molar refractivity (Wildman–Crippen MR) is 88.1 cm³/mol. The van der Waals surface area contributed by atoms with Gasteiger partial charge in [-0.2, -0.15) is 4.98 Å². The van der Waals surface area contributed by atoms with Gasteiger partial charge >= 0.3 is 0 Å². The highest BCUT2D eigenvalue weighted by Gasteiger charge is 2.28. The summed E-state index contributed by atoms with van der Waals surface area (Å²) in [6.07, 6.45) is 6.80. The molecule has 0 amide bonds. The molecule has 0 saturated heterocycles. The molecule has 0 atom stereocenters. The molecule has 0 bridgehead atoms. The number of rotatable bonds is 5. The van der Waals surface area contributed by atoms with E-state index in [-0.39, 0.29) is 5.92 Å². The first-order chi connectivity index (χ1) is 11.1. The average molecular weight is 316 g/mol. The van der Waals surface area contributed by atoms with Crippen LogP contribution in [0, 0.1) is 0 Å². The topological polar surface area (TPSA) is 84.1 Å². The zero-order chi connectivity index (χ0) is 16.3. The Morgan fingerprint density at radius 1 is 1.30 bits per heavy atom. The molecule has 1 aliphatic rings. The van der Waals surface area contributed by atoms with Crippen molar-refractivity contribution in [3.05, 3.63) is 24.2 Å². The molecule has 1 fully saturated rings.